The van der Waals surface area contributed by atoms with E-state index in [1.165, 1.54) is 58.8 Å². The number of benzene rings is 1. The van der Waals surface area contributed by atoms with E-state index in [0.717, 1.165) is 15.4 Å². The highest BCUT2D eigenvalue weighted by molar-refractivity contribution is 6.44. The predicted octanol–water partition coefficient (Wildman–Crippen LogP) is 2.63. The maximum absolute atomic E-state index is 14.3. The number of carbonyl (C=O) groups excluding carboxylic acids is 7. The van der Waals surface area contributed by atoms with Crippen molar-refractivity contribution in [3.63, 3.8) is 0 Å². The number of esters is 1. The molecule has 14 nitrogen and oxygen atoms in total. The largest absolute Gasteiger partial charge is 0.458 e. The van der Waals surface area contributed by atoms with Crippen LogP contribution in [0.15, 0.2) is 30.3 Å². The number of hydrogen-bond donors (Lipinski definition) is 2. The number of hydrogen-bond acceptors (Lipinski definition) is 8. The Labute approximate surface area is 329 Å². The second-order valence-corrected chi connectivity index (χ2v) is 16.1. The molecule has 1 saturated heterocycles. The van der Waals surface area contributed by atoms with Gasteiger partial charge in [0.2, 0.25) is 35.4 Å². The van der Waals surface area contributed by atoms with Crippen LogP contribution in [-0.2, 0) is 44.7 Å². The summed E-state index contributed by atoms with van der Waals surface area (Å²) in [5.74, 6) is -5.98. The minimum Gasteiger partial charge on any atom is -0.458 e. The van der Waals surface area contributed by atoms with Gasteiger partial charge in [0.25, 0.3) is 0 Å². The molecule has 0 bridgehead atoms. The number of likely N-dealkylation sites (N-methyl/N-ethyl adjacent to an activating group) is 4. The third kappa shape index (κ3) is 11.5. The van der Waals surface area contributed by atoms with E-state index in [1.54, 1.807) is 58.9 Å². The molecule has 0 radical (unpaired) electrons. The van der Waals surface area contributed by atoms with Gasteiger partial charge in [-0.25, -0.2) is 4.79 Å². The van der Waals surface area contributed by atoms with Crippen LogP contribution in [0.2, 0.25) is 0 Å². The van der Waals surface area contributed by atoms with Gasteiger partial charge >= 0.3 is 5.97 Å². The number of carbonyl (C=O) groups is 7. The lowest BCUT2D eigenvalue weighted by Crippen LogP contribution is -2.60. The molecule has 2 rings (SSSR count). The maximum Gasteiger partial charge on any atom is 0.329 e. The Morgan fingerprint density at radius 3 is 1.80 bits per heavy atom. The smallest absolute Gasteiger partial charge is 0.329 e. The summed E-state index contributed by atoms with van der Waals surface area (Å²) >= 11 is 12.0. The van der Waals surface area contributed by atoms with Crippen LogP contribution in [0.5, 0.6) is 0 Å². The molecule has 302 valence electrons. The molecule has 3 unspecified atom stereocenters. The third-order valence-electron chi connectivity index (χ3n) is 10.2. The van der Waals surface area contributed by atoms with Gasteiger partial charge in [-0.15, -0.1) is 23.2 Å². The first kappa shape index (κ1) is 46.2. The fourth-order valence-electron chi connectivity index (χ4n) is 6.04. The zero-order chi connectivity index (χ0) is 41.4. The molecular formula is C38H58Cl2N6O8. The van der Waals surface area contributed by atoms with Crippen molar-refractivity contribution in [2.45, 2.75) is 115 Å². The summed E-state index contributed by atoms with van der Waals surface area (Å²) in [7, 11) is 5.64. The highest BCUT2D eigenvalue weighted by Crippen LogP contribution is 2.22. The van der Waals surface area contributed by atoms with Gasteiger partial charge in [0, 0.05) is 41.0 Å². The van der Waals surface area contributed by atoms with E-state index in [0.29, 0.717) is 0 Å². The van der Waals surface area contributed by atoms with Crippen LogP contribution in [0.25, 0.3) is 0 Å². The van der Waals surface area contributed by atoms with E-state index in [9.17, 15) is 33.6 Å². The predicted molar refractivity (Wildman–Crippen MR) is 206 cm³/mol. The molecule has 0 aromatic heterocycles. The first-order chi connectivity index (χ1) is 25.0. The molecule has 1 aromatic rings. The van der Waals surface area contributed by atoms with Gasteiger partial charge in [-0.05, 0) is 44.1 Å². The van der Waals surface area contributed by atoms with E-state index >= 15 is 0 Å². The second kappa shape index (κ2) is 20.1. The number of alkyl halides is 2. The van der Waals surface area contributed by atoms with Crippen LogP contribution >= 0.6 is 23.2 Å². The fraction of sp³-hybridized carbons (Fsp3) is 0.658. The minimum absolute atomic E-state index is 0.0812. The van der Waals surface area contributed by atoms with Gasteiger partial charge in [0.05, 0.1) is 0 Å². The number of amides is 6. The Kier molecular flexibility index (Phi) is 17.2. The van der Waals surface area contributed by atoms with Gasteiger partial charge in [-0.2, -0.15) is 0 Å². The monoisotopic (exact) mass is 796 g/mol. The lowest BCUT2D eigenvalue weighted by molar-refractivity contribution is -0.164. The maximum atomic E-state index is 14.3. The van der Waals surface area contributed by atoms with Crippen LogP contribution < -0.4 is 10.6 Å². The van der Waals surface area contributed by atoms with Crippen LogP contribution in [0.3, 0.4) is 0 Å². The quantitative estimate of drug-likeness (QED) is 0.300. The van der Waals surface area contributed by atoms with Gasteiger partial charge in [0.15, 0.2) is 0 Å². The molecule has 54 heavy (non-hydrogen) atoms. The molecule has 0 saturated carbocycles. The Balaban J connectivity index is 2.75. The number of cyclic esters (lactones) is 1. The minimum atomic E-state index is -1.42. The normalized spacial score (nSPS) is 26.6. The average Bonchev–Trinajstić information content (AvgIpc) is 3.11. The van der Waals surface area contributed by atoms with Gasteiger partial charge in [-0.3, -0.25) is 28.8 Å². The van der Waals surface area contributed by atoms with E-state index in [-0.39, 0.29) is 12.8 Å². The molecule has 0 aliphatic carbocycles. The molecule has 1 heterocycles. The fourth-order valence-corrected chi connectivity index (χ4v) is 6.22. The topological polar surface area (TPSA) is 166 Å². The van der Waals surface area contributed by atoms with Crippen molar-refractivity contribution < 1.29 is 38.3 Å². The summed E-state index contributed by atoms with van der Waals surface area (Å²) in [6, 6.07) is 1.93. The second-order valence-electron chi connectivity index (χ2n) is 15.0. The van der Waals surface area contributed by atoms with Crippen LogP contribution in [0.1, 0.15) is 67.4 Å². The number of nitrogens with zero attached hydrogens (tertiary/aromatic N) is 4. The zero-order valence-corrected chi connectivity index (χ0v) is 35.0. The Morgan fingerprint density at radius 1 is 0.759 bits per heavy atom. The Hall–Kier alpha value is -3.91. The molecule has 16 heteroatoms. The molecule has 1 aromatic carbocycles. The average molecular weight is 798 g/mol. The van der Waals surface area contributed by atoms with E-state index < -0.39 is 106 Å². The van der Waals surface area contributed by atoms with Crippen molar-refractivity contribution >= 4 is 64.6 Å². The SMILES string of the molecule is CC(C)C1NC(=O)C(Cc2ccccc2)N(C)C(=O)[C@H](C)N(C)C(=O)[C@@H](C(C)C)NC(=O)[C@H](C)N(C)C(=O)[C@@H](N(C)C(=O)CC(C)C(Cl)Cl)[C@@H](C)OC1=O. The summed E-state index contributed by atoms with van der Waals surface area (Å²) in [5, 5.41) is 5.51. The van der Waals surface area contributed by atoms with Crippen LogP contribution in [-0.4, -0.2) is 136 Å². The molecule has 1 aliphatic rings. The van der Waals surface area contributed by atoms with Gasteiger partial charge < -0.3 is 35.0 Å². The summed E-state index contributed by atoms with van der Waals surface area (Å²) in [6.45, 7) is 13.0. The number of halogens is 2. The van der Waals surface area contributed by atoms with Crippen molar-refractivity contribution in [2.24, 2.45) is 17.8 Å². The molecule has 6 amide bonds. The lowest BCUT2D eigenvalue weighted by atomic mass is 10.00. The third-order valence-corrected chi connectivity index (χ3v) is 11.0. The molecule has 0 spiro atoms. The van der Waals surface area contributed by atoms with Crippen molar-refractivity contribution in [1.82, 2.24) is 30.2 Å². The molecule has 2 N–H and O–H groups in total. The molecule has 1 fully saturated rings. The Morgan fingerprint density at radius 2 is 1.28 bits per heavy atom. The van der Waals surface area contributed by atoms with E-state index in [2.05, 4.69) is 10.6 Å². The summed E-state index contributed by atoms with van der Waals surface area (Å²) in [6.07, 6.45) is -1.33. The standard InChI is InChI=1S/C38H58Cl2N6O8/c1-20(2)29-36(51)44(10)24(7)35(50)45(11)27(19-26-16-14-13-15-17-26)34(49)42-30(21(3)4)38(53)54-25(8)31(37(52)43(9)23(6)33(48)41-29)46(12)28(47)18-22(5)32(39)40/h13-17,20-25,27,29-32H,18-19H2,1-12H3,(H,41,48)(H,42,49)/t22?,23-,24-,25+,27?,29+,30?,31-/m0/s1. The summed E-state index contributed by atoms with van der Waals surface area (Å²) < 4.78 is 5.87. The summed E-state index contributed by atoms with van der Waals surface area (Å²) in [5.41, 5.74) is 0.740. The summed E-state index contributed by atoms with van der Waals surface area (Å²) in [4.78, 5) is 101. The van der Waals surface area contributed by atoms with Gasteiger partial charge in [0.1, 0.15) is 47.2 Å². The number of rotatable bonds is 8. The Bertz CT molecular complexity index is 1510. The van der Waals surface area contributed by atoms with E-state index in [1.807, 2.05) is 6.07 Å². The first-order valence-electron chi connectivity index (χ1n) is 18.2. The van der Waals surface area contributed by atoms with Crippen molar-refractivity contribution in [1.29, 1.82) is 0 Å². The highest BCUT2D eigenvalue weighted by Gasteiger charge is 2.42. The number of nitrogens with one attached hydrogen (secondary N) is 2. The van der Waals surface area contributed by atoms with Crippen molar-refractivity contribution in [3.05, 3.63) is 35.9 Å². The highest BCUT2D eigenvalue weighted by atomic mass is 35.5. The first-order valence-corrected chi connectivity index (χ1v) is 19.1. The molecular weight excluding hydrogens is 739 g/mol. The lowest BCUT2D eigenvalue weighted by Gasteiger charge is -2.37. The van der Waals surface area contributed by atoms with E-state index in [4.69, 9.17) is 27.9 Å². The molecule has 1 aliphatic heterocycles. The van der Waals surface area contributed by atoms with Crippen LogP contribution in [0.4, 0.5) is 0 Å². The van der Waals surface area contributed by atoms with Crippen LogP contribution in [0, 0.1) is 17.8 Å². The number of ether oxygens (including phenoxy) is 1. The zero-order valence-electron chi connectivity index (χ0n) is 33.5. The van der Waals surface area contributed by atoms with Crippen molar-refractivity contribution in [2.75, 3.05) is 28.2 Å². The molecule has 8 atom stereocenters. The van der Waals surface area contributed by atoms with Gasteiger partial charge in [-0.1, -0.05) is 65.0 Å². The van der Waals surface area contributed by atoms with Crippen molar-refractivity contribution in [3.8, 4) is 0 Å².